The molecule has 0 spiro atoms. The van der Waals surface area contributed by atoms with Gasteiger partial charge in [0.1, 0.15) is 11.6 Å². The van der Waals surface area contributed by atoms with Crippen LogP contribution in [0.3, 0.4) is 0 Å². The number of fused-ring (bicyclic) bond motifs is 1. The van der Waals surface area contributed by atoms with Crippen molar-refractivity contribution in [1.82, 2.24) is 4.57 Å². The summed E-state index contributed by atoms with van der Waals surface area (Å²) in [6.45, 7) is 4.61. The summed E-state index contributed by atoms with van der Waals surface area (Å²) in [4.78, 5) is 22.7. The Morgan fingerprint density at radius 1 is 0.952 bits per heavy atom. The van der Waals surface area contributed by atoms with Crippen LogP contribution in [0.1, 0.15) is 59.2 Å². The number of carbonyl (C=O) groups is 2. The summed E-state index contributed by atoms with van der Waals surface area (Å²) in [5.74, 6) is 4.44. The minimum atomic E-state index is -1.04. The third kappa shape index (κ3) is 7.51. The second kappa shape index (κ2) is 14.1. The van der Waals surface area contributed by atoms with E-state index in [-0.39, 0.29) is 31.3 Å². The van der Waals surface area contributed by atoms with Gasteiger partial charge in [0, 0.05) is 40.2 Å². The van der Waals surface area contributed by atoms with Crippen LogP contribution in [-0.4, -0.2) is 33.3 Å². The molecule has 0 atom stereocenters. The van der Waals surface area contributed by atoms with Gasteiger partial charge in [0.2, 0.25) is 0 Å². The molecule has 3 aromatic carbocycles. The molecule has 0 fully saturated rings. The molecule has 1 aromatic heterocycles. The second-order valence-corrected chi connectivity index (χ2v) is 10.6. The average Bonchev–Trinajstić information content (AvgIpc) is 3.22. The summed E-state index contributed by atoms with van der Waals surface area (Å²) in [5.41, 5.74) is 4.94. The number of unbranched alkanes of at least 4 members (excludes halogenated alkanes) is 1. The predicted molar refractivity (Wildman–Crippen MR) is 162 cm³/mol. The van der Waals surface area contributed by atoms with Gasteiger partial charge in [-0.05, 0) is 98.7 Å². The Morgan fingerprint density at radius 3 is 2.43 bits per heavy atom. The highest BCUT2D eigenvalue weighted by atomic mass is 35.5. The molecule has 0 saturated heterocycles. The number of rotatable bonds is 12. The summed E-state index contributed by atoms with van der Waals surface area (Å²) in [6.07, 6.45) is 2.76. The molecule has 4 aromatic rings. The monoisotopic (exact) mass is 589 g/mol. The highest BCUT2D eigenvalue weighted by molar-refractivity contribution is 6.31. The van der Waals surface area contributed by atoms with E-state index < -0.39 is 17.8 Å². The lowest BCUT2D eigenvalue weighted by atomic mass is 10.0. The third-order valence-electron chi connectivity index (χ3n) is 7.33. The van der Waals surface area contributed by atoms with Crippen LogP contribution in [-0.2, 0) is 29.0 Å². The number of aliphatic carboxylic acids is 2. The lowest BCUT2D eigenvalue weighted by molar-refractivity contribution is -0.137. The summed E-state index contributed by atoms with van der Waals surface area (Å²) in [6, 6.07) is 16.2. The maximum absolute atomic E-state index is 15.1. The number of nitrogens with zero attached hydrogens (tertiary/aromatic N) is 1. The molecule has 6 nitrogen and oxygen atoms in total. The zero-order chi connectivity index (χ0) is 30.2. The fraction of sp³-hybridized carbons (Fsp3) is 0.294. The molecule has 0 aliphatic heterocycles. The first kappa shape index (κ1) is 30.7. The first-order valence-corrected chi connectivity index (χ1v) is 14.3. The van der Waals surface area contributed by atoms with Crippen molar-refractivity contribution in [2.45, 2.75) is 58.9 Å². The molecule has 4 rings (SSSR count). The number of ether oxygens (including phenoxy) is 1. The number of aryl methyl sites for hydroxylation is 2. The number of aromatic nitrogens is 1. The van der Waals surface area contributed by atoms with Crippen molar-refractivity contribution in [3.63, 3.8) is 0 Å². The Balaban J connectivity index is 1.47. The standard InChI is InChI=1S/C34H33ClFNO5/c1-22-25(8-5-9-29(22)35)7-3-4-20-42-27-16-12-24(13-17-27)11-14-26-15-18-30(36)34-33(26)28(21-32(40)41)23(2)37(34)19-6-10-31(38)39/h5,8-9,12-13,15-18H,3-4,6-7,10,19-21H2,1-2H3,(H,38,39)(H,40,41). The Labute approximate surface area is 249 Å². The van der Waals surface area contributed by atoms with Gasteiger partial charge in [0.05, 0.1) is 18.5 Å². The van der Waals surface area contributed by atoms with E-state index in [1.54, 1.807) is 17.6 Å². The fourth-order valence-corrected chi connectivity index (χ4v) is 5.28. The van der Waals surface area contributed by atoms with Crippen LogP contribution in [0, 0.1) is 31.5 Å². The van der Waals surface area contributed by atoms with E-state index in [1.807, 2.05) is 43.3 Å². The topological polar surface area (TPSA) is 88.8 Å². The first-order valence-electron chi connectivity index (χ1n) is 13.9. The molecule has 0 bridgehead atoms. The van der Waals surface area contributed by atoms with Crippen LogP contribution in [0.25, 0.3) is 10.9 Å². The van der Waals surface area contributed by atoms with Gasteiger partial charge in [-0.3, -0.25) is 9.59 Å². The van der Waals surface area contributed by atoms with Gasteiger partial charge in [-0.2, -0.15) is 0 Å². The Bertz CT molecular complexity index is 1660. The number of benzene rings is 3. The summed E-state index contributed by atoms with van der Waals surface area (Å²) in [7, 11) is 0. The number of carboxylic acid groups (broad SMARTS) is 2. The summed E-state index contributed by atoms with van der Waals surface area (Å²) in [5, 5.41) is 19.8. The zero-order valence-electron chi connectivity index (χ0n) is 23.7. The summed E-state index contributed by atoms with van der Waals surface area (Å²) >= 11 is 6.21. The molecule has 2 N–H and O–H groups in total. The van der Waals surface area contributed by atoms with Gasteiger partial charge in [-0.25, -0.2) is 4.39 Å². The Kier molecular flexibility index (Phi) is 10.3. The largest absolute Gasteiger partial charge is 0.494 e. The number of hydrogen-bond donors (Lipinski definition) is 2. The molecular weight excluding hydrogens is 557 g/mol. The molecule has 1 heterocycles. The highest BCUT2D eigenvalue weighted by Gasteiger charge is 2.21. The molecule has 0 aliphatic rings. The second-order valence-electron chi connectivity index (χ2n) is 10.2. The Hall–Kier alpha value is -4.28. The van der Waals surface area contributed by atoms with Gasteiger partial charge < -0.3 is 19.5 Å². The van der Waals surface area contributed by atoms with E-state index >= 15 is 4.39 Å². The van der Waals surface area contributed by atoms with Crippen LogP contribution in [0.4, 0.5) is 4.39 Å². The SMILES string of the molecule is Cc1c(Cl)cccc1CCCCOc1ccc(C#Cc2ccc(F)c3c2c(CC(=O)O)c(C)n3CCCC(=O)O)cc1. The molecule has 42 heavy (non-hydrogen) atoms. The smallest absolute Gasteiger partial charge is 0.307 e. The predicted octanol–water partition coefficient (Wildman–Crippen LogP) is 7.34. The van der Waals surface area contributed by atoms with E-state index in [0.717, 1.165) is 41.2 Å². The maximum atomic E-state index is 15.1. The van der Waals surface area contributed by atoms with Crippen LogP contribution >= 0.6 is 11.6 Å². The number of carboxylic acids is 2. The quantitative estimate of drug-likeness (QED) is 0.133. The van der Waals surface area contributed by atoms with Crippen molar-refractivity contribution in [2.24, 2.45) is 0 Å². The first-order chi connectivity index (χ1) is 20.2. The fourth-order valence-electron chi connectivity index (χ4n) is 5.09. The van der Waals surface area contributed by atoms with Crippen molar-refractivity contribution in [3.05, 3.63) is 98.9 Å². The molecule has 0 aliphatic carbocycles. The van der Waals surface area contributed by atoms with E-state index in [4.69, 9.17) is 21.4 Å². The molecular formula is C34H33ClFNO5. The van der Waals surface area contributed by atoms with Gasteiger partial charge in [0.15, 0.2) is 0 Å². The maximum Gasteiger partial charge on any atom is 0.307 e. The third-order valence-corrected chi connectivity index (χ3v) is 7.74. The minimum absolute atomic E-state index is 0.0725. The van der Waals surface area contributed by atoms with Gasteiger partial charge in [-0.15, -0.1) is 0 Å². The van der Waals surface area contributed by atoms with Gasteiger partial charge in [0.25, 0.3) is 0 Å². The van der Waals surface area contributed by atoms with Crippen LogP contribution < -0.4 is 4.74 Å². The van der Waals surface area contributed by atoms with Crippen LogP contribution in [0.5, 0.6) is 5.75 Å². The van der Waals surface area contributed by atoms with Crippen molar-refractivity contribution in [3.8, 4) is 17.6 Å². The van der Waals surface area contributed by atoms with Crippen molar-refractivity contribution in [1.29, 1.82) is 0 Å². The van der Waals surface area contributed by atoms with E-state index in [1.165, 1.54) is 11.6 Å². The van der Waals surface area contributed by atoms with Gasteiger partial charge >= 0.3 is 11.9 Å². The lowest BCUT2D eigenvalue weighted by Gasteiger charge is -2.08. The van der Waals surface area contributed by atoms with Crippen molar-refractivity contribution >= 4 is 34.4 Å². The van der Waals surface area contributed by atoms with Crippen molar-refractivity contribution < 1.29 is 28.9 Å². The number of hydrogen-bond acceptors (Lipinski definition) is 3. The molecule has 0 saturated carbocycles. The summed E-state index contributed by atoms with van der Waals surface area (Å²) < 4.78 is 22.6. The lowest BCUT2D eigenvalue weighted by Crippen LogP contribution is -2.06. The van der Waals surface area contributed by atoms with Gasteiger partial charge in [-0.1, -0.05) is 35.6 Å². The highest BCUT2D eigenvalue weighted by Crippen LogP contribution is 2.32. The van der Waals surface area contributed by atoms with E-state index in [2.05, 4.69) is 17.9 Å². The Morgan fingerprint density at radius 2 is 1.71 bits per heavy atom. The minimum Gasteiger partial charge on any atom is -0.494 e. The van der Waals surface area contributed by atoms with E-state index in [0.29, 0.717) is 28.8 Å². The molecule has 0 amide bonds. The normalized spacial score (nSPS) is 10.9. The number of halogens is 2. The molecule has 0 radical (unpaired) electrons. The van der Waals surface area contributed by atoms with Crippen molar-refractivity contribution in [2.75, 3.05) is 6.61 Å². The van der Waals surface area contributed by atoms with E-state index in [9.17, 15) is 14.7 Å². The van der Waals surface area contributed by atoms with Crippen LogP contribution in [0.15, 0.2) is 54.6 Å². The molecule has 218 valence electrons. The molecule has 0 unspecified atom stereocenters. The average molecular weight is 590 g/mol. The molecule has 8 heteroatoms. The zero-order valence-corrected chi connectivity index (χ0v) is 24.4. The van der Waals surface area contributed by atoms with Crippen LogP contribution in [0.2, 0.25) is 5.02 Å².